The summed E-state index contributed by atoms with van der Waals surface area (Å²) in [5.74, 6) is -0.111. The van der Waals surface area contributed by atoms with Gasteiger partial charge in [0.15, 0.2) is 0 Å². The Morgan fingerprint density at radius 3 is 2.85 bits per heavy atom. The lowest BCUT2D eigenvalue weighted by Crippen LogP contribution is -2.41. The van der Waals surface area contributed by atoms with Crippen LogP contribution in [0.4, 0.5) is 0 Å². The molecule has 106 valence electrons. The monoisotopic (exact) mass is 273 g/mol. The number of aliphatic hydroxyl groups is 1. The number of nitrogens with zero attached hydrogens (tertiary/aromatic N) is 2. The van der Waals surface area contributed by atoms with E-state index in [1.165, 1.54) is 0 Å². The van der Waals surface area contributed by atoms with Crippen molar-refractivity contribution in [3.05, 3.63) is 54.1 Å². The number of H-pyrrole nitrogens is 1. The van der Waals surface area contributed by atoms with Crippen LogP contribution in [0, 0.1) is 0 Å². The van der Waals surface area contributed by atoms with Gasteiger partial charge in [-0.25, -0.2) is 0 Å². The van der Waals surface area contributed by atoms with Crippen molar-refractivity contribution in [1.82, 2.24) is 14.9 Å². The molecule has 0 aliphatic carbocycles. The van der Waals surface area contributed by atoms with E-state index in [-0.39, 0.29) is 18.6 Å². The van der Waals surface area contributed by atoms with E-state index in [9.17, 15) is 9.90 Å². The number of aromatic nitrogens is 2. The van der Waals surface area contributed by atoms with Gasteiger partial charge in [-0.3, -0.25) is 9.78 Å². The lowest BCUT2D eigenvalue weighted by molar-refractivity contribution is 0.0558. The van der Waals surface area contributed by atoms with Crippen molar-refractivity contribution in [3.8, 4) is 0 Å². The number of carbonyl (C=O) groups is 1. The zero-order valence-electron chi connectivity index (χ0n) is 11.5. The van der Waals surface area contributed by atoms with Crippen LogP contribution in [0.1, 0.15) is 29.4 Å². The molecule has 2 N–H and O–H groups in total. The normalized spacial score (nSPS) is 12.1. The molecule has 1 amide bonds. The molecule has 2 rings (SSSR count). The molecule has 20 heavy (non-hydrogen) atoms. The minimum absolute atomic E-state index is 0.0524. The summed E-state index contributed by atoms with van der Waals surface area (Å²) >= 11 is 0. The number of rotatable bonds is 6. The van der Waals surface area contributed by atoms with Gasteiger partial charge in [0, 0.05) is 25.1 Å². The van der Waals surface area contributed by atoms with E-state index < -0.39 is 0 Å². The standard InChI is InChI=1S/C15H19N3O2/c1-2-13(11-19)18(10-12-5-3-7-16-9-12)15(20)14-6-4-8-17-14/h3-9,13,17,19H,2,10-11H2,1H3/t13-/m1/s1. The van der Waals surface area contributed by atoms with E-state index >= 15 is 0 Å². The fraction of sp³-hybridized carbons (Fsp3) is 0.333. The first-order valence-corrected chi connectivity index (χ1v) is 6.70. The van der Waals surface area contributed by atoms with Crippen molar-refractivity contribution in [1.29, 1.82) is 0 Å². The highest BCUT2D eigenvalue weighted by atomic mass is 16.3. The number of carbonyl (C=O) groups excluding carboxylic acids is 1. The van der Waals surface area contributed by atoms with Gasteiger partial charge in [0.2, 0.25) is 0 Å². The smallest absolute Gasteiger partial charge is 0.270 e. The predicted molar refractivity (Wildman–Crippen MR) is 76.1 cm³/mol. The van der Waals surface area contributed by atoms with Gasteiger partial charge < -0.3 is 15.0 Å². The number of nitrogens with one attached hydrogen (secondary N) is 1. The molecule has 0 radical (unpaired) electrons. The van der Waals surface area contributed by atoms with E-state index in [1.54, 1.807) is 35.6 Å². The summed E-state index contributed by atoms with van der Waals surface area (Å²) in [7, 11) is 0. The van der Waals surface area contributed by atoms with Gasteiger partial charge in [-0.1, -0.05) is 13.0 Å². The molecule has 0 bridgehead atoms. The fourth-order valence-electron chi connectivity index (χ4n) is 2.12. The summed E-state index contributed by atoms with van der Waals surface area (Å²) in [4.78, 5) is 21.2. The number of hydrogen-bond donors (Lipinski definition) is 2. The van der Waals surface area contributed by atoms with Crippen LogP contribution in [0.25, 0.3) is 0 Å². The first kappa shape index (κ1) is 14.3. The van der Waals surface area contributed by atoms with Crippen molar-refractivity contribution in [3.63, 3.8) is 0 Å². The Morgan fingerprint density at radius 2 is 2.30 bits per heavy atom. The third-order valence-corrected chi connectivity index (χ3v) is 3.29. The highest BCUT2D eigenvalue weighted by Gasteiger charge is 2.23. The van der Waals surface area contributed by atoms with Gasteiger partial charge >= 0.3 is 0 Å². The molecule has 0 spiro atoms. The van der Waals surface area contributed by atoms with Crippen molar-refractivity contribution in [2.45, 2.75) is 25.9 Å². The molecular weight excluding hydrogens is 254 g/mol. The van der Waals surface area contributed by atoms with Crippen LogP contribution >= 0.6 is 0 Å². The molecule has 0 unspecified atom stereocenters. The minimum Gasteiger partial charge on any atom is -0.394 e. The van der Waals surface area contributed by atoms with Crippen LogP contribution in [0.15, 0.2) is 42.9 Å². The van der Waals surface area contributed by atoms with Crippen molar-refractivity contribution < 1.29 is 9.90 Å². The summed E-state index contributed by atoms with van der Waals surface area (Å²) in [6.07, 6.45) is 5.85. The SMILES string of the molecule is CC[C@H](CO)N(Cc1cccnc1)C(=O)c1ccc[nH]1. The zero-order valence-corrected chi connectivity index (χ0v) is 11.5. The van der Waals surface area contributed by atoms with Crippen LogP contribution < -0.4 is 0 Å². The lowest BCUT2D eigenvalue weighted by atomic mass is 10.1. The zero-order chi connectivity index (χ0) is 14.4. The molecule has 2 heterocycles. The second-order valence-electron chi connectivity index (χ2n) is 4.62. The van der Waals surface area contributed by atoms with E-state index in [1.807, 2.05) is 19.1 Å². The van der Waals surface area contributed by atoms with Crippen LogP contribution in [-0.4, -0.2) is 38.5 Å². The maximum absolute atomic E-state index is 12.5. The molecule has 5 nitrogen and oxygen atoms in total. The largest absolute Gasteiger partial charge is 0.394 e. The van der Waals surface area contributed by atoms with E-state index in [2.05, 4.69) is 9.97 Å². The Labute approximate surface area is 118 Å². The van der Waals surface area contributed by atoms with Crippen molar-refractivity contribution in [2.24, 2.45) is 0 Å². The molecule has 5 heteroatoms. The summed E-state index contributed by atoms with van der Waals surface area (Å²) in [6, 6.07) is 7.09. The number of amides is 1. The predicted octanol–water partition coefficient (Wildman–Crippen LogP) is 1.82. The van der Waals surface area contributed by atoms with E-state index in [4.69, 9.17) is 0 Å². The quantitative estimate of drug-likeness (QED) is 0.843. The van der Waals surface area contributed by atoms with Gasteiger partial charge in [0.1, 0.15) is 5.69 Å². The molecule has 2 aromatic heterocycles. The summed E-state index contributed by atoms with van der Waals surface area (Å²) in [6.45, 7) is 2.34. The van der Waals surface area contributed by atoms with E-state index in [0.29, 0.717) is 18.7 Å². The number of hydrogen-bond acceptors (Lipinski definition) is 3. The van der Waals surface area contributed by atoms with Gasteiger partial charge in [-0.05, 0) is 30.2 Å². The summed E-state index contributed by atoms with van der Waals surface area (Å²) in [5, 5.41) is 9.50. The topological polar surface area (TPSA) is 69.2 Å². The first-order valence-electron chi connectivity index (χ1n) is 6.70. The minimum atomic E-state index is -0.203. The summed E-state index contributed by atoms with van der Waals surface area (Å²) < 4.78 is 0. The van der Waals surface area contributed by atoms with Gasteiger partial charge in [-0.15, -0.1) is 0 Å². The summed E-state index contributed by atoms with van der Waals surface area (Å²) in [5.41, 5.74) is 1.47. The molecule has 0 aliphatic heterocycles. The van der Waals surface area contributed by atoms with Crippen LogP contribution in [0.2, 0.25) is 0 Å². The van der Waals surface area contributed by atoms with Crippen LogP contribution in [0.3, 0.4) is 0 Å². The fourth-order valence-corrected chi connectivity index (χ4v) is 2.12. The average Bonchev–Trinajstić information content (AvgIpc) is 3.02. The number of aliphatic hydroxyl groups excluding tert-OH is 1. The second-order valence-corrected chi connectivity index (χ2v) is 4.62. The maximum Gasteiger partial charge on any atom is 0.270 e. The Morgan fingerprint density at radius 1 is 1.45 bits per heavy atom. The third kappa shape index (κ3) is 3.24. The molecule has 0 saturated heterocycles. The molecule has 0 aliphatic rings. The second kappa shape index (κ2) is 6.86. The van der Waals surface area contributed by atoms with E-state index in [0.717, 1.165) is 5.56 Å². The highest BCUT2D eigenvalue weighted by Crippen LogP contribution is 2.14. The molecular formula is C15H19N3O2. The number of pyridine rings is 1. The first-order chi connectivity index (χ1) is 9.76. The lowest BCUT2D eigenvalue weighted by Gasteiger charge is -2.29. The molecule has 0 fully saturated rings. The molecule has 2 aromatic rings. The Kier molecular flexibility index (Phi) is 4.90. The molecule has 0 saturated carbocycles. The van der Waals surface area contributed by atoms with Gasteiger partial charge in [0.25, 0.3) is 5.91 Å². The third-order valence-electron chi connectivity index (χ3n) is 3.29. The molecule has 0 aromatic carbocycles. The maximum atomic E-state index is 12.5. The Balaban J connectivity index is 2.23. The van der Waals surface area contributed by atoms with Gasteiger partial charge in [-0.2, -0.15) is 0 Å². The molecule has 1 atom stereocenters. The van der Waals surface area contributed by atoms with Crippen LogP contribution in [0.5, 0.6) is 0 Å². The average molecular weight is 273 g/mol. The Bertz CT molecular complexity index is 521. The highest BCUT2D eigenvalue weighted by molar-refractivity contribution is 5.92. The van der Waals surface area contributed by atoms with Crippen molar-refractivity contribution in [2.75, 3.05) is 6.61 Å². The van der Waals surface area contributed by atoms with Crippen LogP contribution in [-0.2, 0) is 6.54 Å². The Hall–Kier alpha value is -2.14. The van der Waals surface area contributed by atoms with Crippen molar-refractivity contribution >= 4 is 5.91 Å². The number of aromatic amines is 1. The van der Waals surface area contributed by atoms with Gasteiger partial charge in [0.05, 0.1) is 12.6 Å².